The zero-order valence-electron chi connectivity index (χ0n) is 13.2. The number of benzene rings is 2. The predicted molar refractivity (Wildman–Crippen MR) is 88.4 cm³/mol. The van der Waals surface area contributed by atoms with E-state index in [1.54, 1.807) is 0 Å². The van der Waals surface area contributed by atoms with E-state index in [0.717, 1.165) is 11.1 Å². The van der Waals surface area contributed by atoms with Crippen LogP contribution in [0.1, 0.15) is 11.1 Å². The van der Waals surface area contributed by atoms with Crippen LogP contribution >= 0.6 is 0 Å². The second kappa shape index (κ2) is 7.36. The summed E-state index contributed by atoms with van der Waals surface area (Å²) in [6.07, 6.45) is 1.39. The van der Waals surface area contributed by atoms with Crippen LogP contribution in [0.15, 0.2) is 54.9 Å². The minimum atomic E-state index is -0.226. The number of anilines is 1. The monoisotopic (exact) mass is 323 g/mol. The SMILES string of the molecule is Cc1ccc(NC(=O)Cn2cnnn2)c(OCc2ccccc2)c1. The van der Waals surface area contributed by atoms with E-state index >= 15 is 0 Å². The maximum absolute atomic E-state index is 12.1. The van der Waals surface area contributed by atoms with Crippen LogP contribution in [0, 0.1) is 6.92 Å². The van der Waals surface area contributed by atoms with E-state index in [1.807, 2.05) is 55.5 Å². The van der Waals surface area contributed by atoms with Gasteiger partial charge in [-0.05, 0) is 40.6 Å². The number of aromatic nitrogens is 4. The summed E-state index contributed by atoms with van der Waals surface area (Å²) in [6.45, 7) is 2.45. The number of ether oxygens (including phenoxy) is 1. The van der Waals surface area contributed by atoms with Crippen LogP contribution in [0.3, 0.4) is 0 Å². The lowest BCUT2D eigenvalue weighted by Gasteiger charge is -2.13. The number of hydrogen-bond donors (Lipinski definition) is 1. The quantitative estimate of drug-likeness (QED) is 0.752. The number of tetrazole rings is 1. The van der Waals surface area contributed by atoms with E-state index in [9.17, 15) is 4.79 Å². The van der Waals surface area contributed by atoms with Gasteiger partial charge in [-0.3, -0.25) is 4.79 Å². The van der Waals surface area contributed by atoms with Gasteiger partial charge in [-0.25, -0.2) is 4.68 Å². The van der Waals surface area contributed by atoms with E-state index < -0.39 is 0 Å². The molecule has 0 spiro atoms. The highest BCUT2D eigenvalue weighted by molar-refractivity contribution is 5.92. The first kappa shape index (κ1) is 15.7. The van der Waals surface area contributed by atoms with Crippen molar-refractivity contribution >= 4 is 11.6 Å². The fourth-order valence-electron chi connectivity index (χ4n) is 2.18. The molecule has 0 fully saturated rings. The summed E-state index contributed by atoms with van der Waals surface area (Å²) in [6, 6.07) is 15.5. The van der Waals surface area contributed by atoms with Crippen LogP contribution < -0.4 is 10.1 Å². The smallest absolute Gasteiger partial charge is 0.246 e. The van der Waals surface area contributed by atoms with Crippen LogP contribution in [0.2, 0.25) is 0 Å². The highest BCUT2D eigenvalue weighted by Gasteiger charge is 2.10. The predicted octanol–water partition coefficient (Wildman–Crippen LogP) is 2.20. The number of nitrogens with one attached hydrogen (secondary N) is 1. The number of rotatable bonds is 6. The van der Waals surface area contributed by atoms with Gasteiger partial charge in [0.1, 0.15) is 25.2 Å². The molecule has 0 saturated heterocycles. The van der Waals surface area contributed by atoms with Gasteiger partial charge in [0.15, 0.2) is 0 Å². The van der Waals surface area contributed by atoms with Crippen molar-refractivity contribution < 1.29 is 9.53 Å². The van der Waals surface area contributed by atoms with E-state index in [2.05, 4.69) is 20.8 Å². The van der Waals surface area contributed by atoms with E-state index in [1.165, 1.54) is 11.0 Å². The first-order valence-electron chi connectivity index (χ1n) is 7.49. The normalized spacial score (nSPS) is 10.4. The molecule has 1 N–H and O–H groups in total. The molecular weight excluding hydrogens is 306 g/mol. The molecular formula is C17H17N5O2. The average Bonchev–Trinajstić information content (AvgIpc) is 3.09. The first-order chi connectivity index (χ1) is 11.7. The van der Waals surface area contributed by atoms with Gasteiger partial charge in [-0.1, -0.05) is 36.4 Å². The lowest BCUT2D eigenvalue weighted by Crippen LogP contribution is -2.19. The summed E-state index contributed by atoms with van der Waals surface area (Å²) >= 11 is 0. The standard InChI is InChI=1S/C17H17N5O2/c1-13-7-8-15(19-17(23)10-22-12-18-20-21-22)16(9-13)24-11-14-5-3-2-4-6-14/h2-9,12H,10-11H2,1H3,(H,19,23). The summed E-state index contributed by atoms with van der Waals surface area (Å²) in [5.74, 6) is 0.402. The lowest BCUT2D eigenvalue weighted by atomic mass is 10.2. The number of nitrogens with zero attached hydrogens (tertiary/aromatic N) is 4. The molecule has 1 amide bonds. The minimum Gasteiger partial charge on any atom is -0.487 e. The summed E-state index contributed by atoms with van der Waals surface area (Å²) in [7, 11) is 0. The van der Waals surface area contributed by atoms with Crippen LogP contribution in [0.5, 0.6) is 5.75 Å². The second-order valence-electron chi connectivity index (χ2n) is 5.33. The Labute approximate surface area is 139 Å². The first-order valence-corrected chi connectivity index (χ1v) is 7.49. The van der Waals surface area contributed by atoms with Crippen molar-refractivity contribution in [2.45, 2.75) is 20.1 Å². The fourth-order valence-corrected chi connectivity index (χ4v) is 2.18. The molecule has 0 saturated carbocycles. The summed E-state index contributed by atoms with van der Waals surface area (Å²) in [5.41, 5.74) is 2.73. The third kappa shape index (κ3) is 4.16. The van der Waals surface area contributed by atoms with E-state index in [0.29, 0.717) is 18.0 Å². The van der Waals surface area contributed by atoms with Gasteiger partial charge in [0.25, 0.3) is 0 Å². The molecule has 122 valence electrons. The second-order valence-corrected chi connectivity index (χ2v) is 5.33. The van der Waals surface area contributed by atoms with Crippen molar-refractivity contribution in [3.63, 3.8) is 0 Å². The fraction of sp³-hybridized carbons (Fsp3) is 0.176. The molecule has 0 unspecified atom stereocenters. The van der Waals surface area contributed by atoms with Crippen molar-refractivity contribution in [2.24, 2.45) is 0 Å². The molecule has 1 heterocycles. The maximum atomic E-state index is 12.1. The van der Waals surface area contributed by atoms with E-state index in [-0.39, 0.29) is 12.5 Å². The Balaban J connectivity index is 1.69. The van der Waals surface area contributed by atoms with Crippen molar-refractivity contribution in [3.05, 3.63) is 66.0 Å². The molecule has 0 aliphatic rings. The van der Waals surface area contributed by atoms with Crippen molar-refractivity contribution in [2.75, 3.05) is 5.32 Å². The van der Waals surface area contributed by atoms with Gasteiger partial charge in [0.05, 0.1) is 5.69 Å². The molecule has 1 aromatic heterocycles. The molecule has 7 nitrogen and oxygen atoms in total. The van der Waals surface area contributed by atoms with Gasteiger partial charge in [-0.2, -0.15) is 0 Å². The van der Waals surface area contributed by atoms with Crippen molar-refractivity contribution in [1.29, 1.82) is 0 Å². The minimum absolute atomic E-state index is 0.0407. The highest BCUT2D eigenvalue weighted by atomic mass is 16.5. The van der Waals surface area contributed by atoms with Crippen molar-refractivity contribution in [3.8, 4) is 5.75 Å². The molecule has 0 atom stereocenters. The van der Waals surface area contributed by atoms with Crippen LogP contribution in [-0.2, 0) is 17.9 Å². The Kier molecular flexibility index (Phi) is 4.81. The molecule has 0 radical (unpaired) electrons. The molecule has 0 bridgehead atoms. The third-order valence-electron chi connectivity index (χ3n) is 3.35. The number of hydrogen-bond acceptors (Lipinski definition) is 5. The molecule has 2 aromatic carbocycles. The average molecular weight is 323 g/mol. The summed E-state index contributed by atoms with van der Waals surface area (Å²) in [4.78, 5) is 12.1. The Hall–Kier alpha value is -3.22. The van der Waals surface area contributed by atoms with E-state index in [4.69, 9.17) is 4.74 Å². The lowest BCUT2D eigenvalue weighted by molar-refractivity contribution is -0.116. The highest BCUT2D eigenvalue weighted by Crippen LogP contribution is 2.26. The molecule has 3 aromatic rings. The van der Waals surface area contributed by atoms with Gasteiger partial charge in [0.2, 0.25) is 5.91 Å². The number of carbonyl (C=O) groups excluding carboxylic acids is 1. The number of aryl methyl sites for hydroxylation is 1. The van der Waals surface area contributed by atoms with Crippen LogP contribution in [0.4, 0.5) is 5.69 Å². The molecule has 7 heteroatoms. The zero-order valence-corrected chi connectivity index (χ0v) is 13.2. The van der Waals surface area contributed by atoms with Gasteiger partial charge < -0.3 is 10.1 Å². The van der Waals surface area contributed by atoms with Crippen molar-refractivity contribution in [1.82, 2.24) is 20.2 Å². The molecule has 0 aliphatic carbocycles. The van der Waals surface area contributed by atoms with Gasteiger partial charge in [-0.15, -0.1) is 5.10 Å². The topological polar surface area (TPSA) is 81.9 Å². The third-order valence-corrected chi connectivity index (χ3v) is 3.35. The Morgan fingerprint density at radius 1 is 1.21 bits per heavy atom. The zero-order chi connectivity index (χ0) is 16.8. The Bertz CT molecular complexity index is 803. The summed E-state index contributed by atoms with van der Waals surface area (Å²) < 4.78 is 7.23. The van der Waals surface area contributed by atoms with Gasteiger partial charge in [0, 0.05) is 0 Å². The summed E-state index contributed by atoms with van der Waals surface area (Å²) in [5, 5.41) is 13.5. The van der Waals surface area contributed by atoms with Crippen LogP contribution in [-0.4, -0.2) is 26.1 Å². The maximum Gasteiger partial charge on any atom is 0.246 e. The Morgan fingerprint density at radius 3 is 2.79 bits per heavy atom. The molecule has 3 rings (SSSR count). The number of carbonyl (C=O) groups is 1. The number of amides is 1. The largest absolute Gasteiger partial charge is 0.487 e. The molecule has 24 heavy (non-hydrogen) atoms. The van der Waals surface area contributed by atoms with Crippen LogP contribution in [0.25, 0.3) is 0 Å². The molecule has 0 aliphatic heterocycles. The Morgan fingerprint density at radius 2 is 2.04 bits per heavy atom. The van der Waals surface area contributed by atoms with Gasteiger partial charge >= 0.3 is 0 Å².